The molecule has 0 fully saturated rings. The summed E-state index contributed by atoms with van der Waals surface area (Å²) in [5, 5.41) is 6.10. The molecule has 1 aromatic carbocycles. The molecule has 0 radical (unpaired) electrons. The number of amides is 1. The number of hydrogen-bond donors (Lipinski definition) is 2. The summed E-state index contributed by atoms with van der Waals surface area (Å²) < 4.78 is 4.92. The molecule has 0 unspecified atom stereocenters. The van der Waals surface area contributed by atoms with Crippen LogP contribution in [0.5, 0.6) is 0 Å². The van der Waals surface area contributed by atoms with Crippen molar-refractivity contribution in [1.29, 1.82) is 0 Å². The summed E-state index contributed by atoms with van der Waals surface area (Å²) in [6, 6.07) is 5.88. The quantitative estimate of drug-likeness (QED) is 0.750. The smallest absolute Gasteiger partial charge is 0.251 e. The summed E-state index contributed by atoms with van der Waals surface area (Å²) in [5.41, 5.74) is 2.81. The number of rotatable bonds is 7. The van der Waals surface area contributed by atoms with E-state index >= 15 is 0 Å². The van der Waals surface area contributed by atoms with Crippen molar-refractivity contribution >= 4 is 18.3 Å². The third-order valence-corrected chi connectivity index (χ3v) is 2.78. The van der Waals surface area contributed by atoms with Crippen LogP contribution in [0.3, 0.4) is 0 Å². The Kier molecular flexibility index (Phi) is 9.21. The second kappa shape index (κ2) is 9.78. The molecule has 1 amide bonds. The zero-order chi connectivity index (χ0) is 13.4. The number of nitrogens with one attached hydrogen (secondary N) is 2. The second-order valence-corrected chi connectivity index (χ2v) is 4.27. The molecule has 0 aliphatic rings. The first kappa shape index (κ1) is 17.9. The summed E-state index contributed by atoms with van der Waals surface area (Å²) in [4.78, 5) is 12.0. The number of carbonyl (C=O) groups is 1. The monoisotopic (exact) mass is 286 g/mol. The number of ether oxygens (including phenoxy) is 1. The zero-order valence-electron chi connectivity index (χ0n) is 11.8. The van der Waals surface area contributed by atoms with Crippen LogP contribution in [0.2, 0.25) is 0 Å². The molecule has 5 heteroatoms. The van der Waals surface area contributed by atoms with Gasteiger partial charge >= 0.3 is 0 Å². The molecular formula is C14H23ClN2O2. The molecule has 0 heterocycles. The Morgan fingerprint density at radius 1 is 1.16 bits per heavy atom. The Bertz CT molecular complexity index is 377. The van der Waals surface area contributed by atoms with Crippen molar-refractivity contribution in [2.75, 3.05) is 33.4 Å². The predicted molar refractivity (Wildman–Crippen MR) is 80.2 cm³/mol. The lowest BCUT2D eigenvalue weighted by atomic mass is 10.0. The summed E-state index contributed by atoms with van der Waals surface area (Å²) in [6.45, 7) is 6.77. The van der Waals surface area contributed by atoms with Gasteiger partial charge in [0.1, 0.15) is 0 Å². The van der Waals surface area contributed by atoms with E-state index in [-0.39, 0.29) is 18.3 Å². The maximum absolute atomic E-state index is 12.0. The Labute approximate surface area is 121 Å². The molecule has 0 spiro atoms. The van der Waals surface area contributed by atoms with Gasteiger partial charge in [0.2, 0.25) is 0 Å². The van der Waals surface area contributed by atoms with E-state index in [1.165, 1.54) is 0 Å². The van der Waals surface area contributed by atoms with Gasteiger partial charge in [-0.05, 0) is 25.0 Å². The third kappa shape index (κ3) is 6.05. The second-order valence-electron chi connectivity index (χ2n) is 4.27. The van der Waals surface area contributed by atoms with E-state index in [9.17, 15) is 4.79 Å². The van der Waals surface area contributed by atoms with Gasteiger partial charge in [-0.2, -0.15) is 0 Å². The fourth-order valence-corrected chi connectivity index (χ4v) is 1.82. The molecule has 0 saturated heterocycles. The molecule has 0 saturated carbocycles. The molecule has 0 atom stereocenters. The van der Waals surface area contributed by atoms with E-state index in [4.69, 9.17) is 4.74 Å². The van der Waals surface area contributed by atoms with Gasteiger partial charge in [0.25, 0.3) is 5.91 Å². The summed E-state index contributed by atoms with van der Waals surface area (Å²) in [7, 11) is 1.67. The molecule has 0 bridgehead atoms. The predicted octanol–water partition coefficient (Wildman–Crippen LogP) is 1.69. The molecular weight excluding hydrogens is 264 g/mol. The minimum absolute atomic E-state index is 0. The van der Waals surface area contributed by atoms with E-state index < -0.39 is 0 Å². The van der Waals surface area contributed by atoms with Crippen LogP contribution in [0.15, 0.2) is 18.2 Å². The van der Waals surface area contributed by atoms with Gasteiger partial charge in [-0.15, -0.1) is 12.4 Å². The lowest BCUT2D eigenvalue weighted by molar-refractivity contribution is 0.0952. The average Bonchev–Trinajstić information content (AvgIpc) is 2.33. The SMILES string of the molecule is COCCNCCNC(=O)c1c(C)cccc1C.Cl. The Morgan fingerprint density at radius 2 is 1.79 bits per heavy atom. The number of carbonyl (C=O) groups excluding carboxylic acids is 1. The van der Waals surface area contributed by atoms with Crippen molar-refractivity contribution in [2.45, 2.75) is 13.8 Å². The van der Waals surface area contributed by atoms with Crippen LogP contribution in [0.25, 0.3) is 0 Å². The summed E-state index contributed by atoms with van der Waals surface area (Å²) >= 11 is 0. The number of methoxy groups -OCH3 is 1. The number of benzene rings is 1. The highest BCUT2D eigenvalue weighted by Crippen LogP contribution is 2.12. The number of hydrogen-bond acceptors (Lipinski definition) is 3. The highest BCUT2D eigenvalue weighted by Gasteiger charge is 2.10. The number of halogens is 1. The maximum atomic E-state index is 12.0. The maximum Gasteiger partial charge on any atom is 0.251 e. The van der Waals surface area contributed by atoms with Crippen molar-refractivity contribution in [3.05, 3.63) is 34.9 Å². The van der Waals surface area contributed by atoms with Gasteiger partial charge in [0.15, 0.2) is 0 Å². The van der Waals surface area contributed by atoms with E-state index in [2.05, 4.69) is 10.6 Å². The van der Waals surface area contributed by atoms with Crippen LogP contribution >= 0.6 is 12.4 Å². The molecule has 0 aliphatic heterocycles. The topological polar surface area (TPSA) is 50.4 Å². The summed E-state index contributed by atoms with van der Waals surface area (Å²) in [6.07, 6.45) is 0. The molecule has 4 nitrogen and oxygen atoms in total. The fourth-order valence-electron chi connectivity index (χ4n) is 1.82. The summed E-state index contributed by atoms with van der Waals surface area (Å²) in [5.74, 6) is -0.000795. The first-order valence-corrected chi connectivity index (χ1v) is 6.21. The van der Waals surface area contributed by atoms with Crippen molar-refractivity contribution < 1.29 is 9.53 Å². The van der Waals surface area contributed by atoms with Gasteiger partial charge in [-0.1, -0.05) is 18.2 Å². The highest BCUT2D eigenvalue weighted by atomic mass is 35.5. The van der Waals surface area contributed by atoms with Gasteiger partial charge in [-0.25, -0.2) is 0 Å². The molecule has 1 rings (SSSR count). The van der Waals surface area contributed by atoms with Crippen LogP contribution in [-0.2, 0) is 4.74 Å². The molecule has 108 valence electrons. The van der Waals surface area contributed by atoms with E-state index in [0.29, 0.717) is 13.2 Å². The first-order chi connectivity index (χ1) is 8.66. The fraction of sp³-hybridized carbons (Fsp3) is 0.500. The average molecular weight is 287 g/mol. The highest BCUT2D eigenvalue weighted by molar-refractivity contribution is 5.97. The zero-order valence-corrected chi connectivity index (χ0v) is 12.6. The molecule has 0 aromatic heterocycles. The van der Waals surface area contributed by atoms with Gasteiger partial charge in [0, 0.05) is 32.3 Å². The first-order valence-electron chi connectivity index (χ1n) is 6.21. The number of aryl methyl sites for hydroxylation is 2. The van der Waals surface area contributed by atoms with Crippen LogP contribution in [0, 0.1) is 13.8 Å². The van der Waals surface area contributed by atoms with E-state index in [1.807, 2.05) is 32.0 Å². The van der Waals surface area contributed by atoms with Crippen molar-refractivity contribution in [1.82, 2.24) is 10.6 Å². The Balaban J connectivity index is 0.00000324. The largest absolute Gasteiger partial charge is 0.383 e. The van der Waals surface area contributed by atoms with E-state index in [0.717, 1.165) is 29.8 Å². The van der Waals surface area contributed by atoms with Crippen LogP contribution in [-0.4, -0.2) is 39.3 Å². The van der Waals surface area contributed by atoms with Gasteiger partial charge in [-0.3, -0.25) is 4.79 Å². The Morgan fingerprint density at radius 3 is 2.37 bits per heavy atom. The molecule has 2 N–H and O–H groups in total. The van der Waals surface area contributed by atoms with Crippen LogP contribution < -0.4 is 10.6 Å². The van der Waals surface area contributed by atoms with Crippen molar-refractivity contribution in [3.63, 3.8) is 0 Å². The van der Waals surface area contributed by atoms with Gasteiger partial charge < -0.3 is 15.4 Å². The lowest BCUT2D eigenvalue weighted by Gasteiger charge is -2.10. The van der Waals surface area contributed by atoms with Crippen LogP contribution in [0.4, 0.5) is 0 Å². The molecule has 0 aliphatic carbocycles. The Hall–Kier alpha value is -1.10. The van der Waals surface area contributed by atoms with Crippen molar-refractivity contribution in [2.24, 2.45) is 0 Å². The van der Waals surface area contributed by atoms with Crippen LogP contribution in [0.1, 0.15) is 21.5 Å². The molecule has 1 aromatic rings. The normalized spacial score (nSPS) is 9.84. The standard InChI is InChI=1S/C14H22N2O2.ClH/c1-11-5-4-6-12(2)13(11)14(17)16-8-7-15-9-10-18-3;/h4-6,15H,7-10H2,1-3H3,(H,16,17);1H. The van der Waals surface area contributed by atoms with Crippen molar-refractivity contribution in [3.8, 4) is 0 Å². The van der Waals surface area contributed by atoms with E-state index in [1.54, 1.807) is 7.11 Å². The lowest BCUT2D eigenvalue weighted by Crippen LogP contribution is -2.33. The molecule has 19 heavy (non-hydrogen) atoms. The minimum Gasteiger partial charge on any atom is -0.383 e. The third-order valence-electron chi connectivity index (χ3n) is 2.78. The minimum atomic E-state index is -0.000795. The van der Waals surface area contributed by atoms with Gasteiger partial charge in [0.05, 0.1) is 6.61 Å².